The van der Waals surface area contributed by atoms with E-state index in [1.165, 1.54) is 12.0 Å². The maximum Gasteiger partial charge on any atom is 0.230 e. The Morgan fingerprint density at radius 1 is 1.06 bits per heavy atom. The number of hydrogen-bond acceptors (Lipinski definition) is 8. The molecule has 0 bridgehead atoms. The molecule has 0 radical (unpaired) electrons. The lowest BCUT2D eigenvalue weighted by molar-refractivity contribution is -0.0691. The van der Waals surface area contributed by atoms with Gasteiger partial charge in [0.15, 0.2) is 5.82 Å². The summed E-state index contributed by atoms with van der Waals surface area (Å²) in [5, 5.41) is 12.6. The average molecular weight is 428 g/mol. The summed E-state index contributed by atoms with van der Waals surface area (Å²) >= 11 is 0. The molecule has 0 amide bonds. The van der Waals surface area contributed by atoms with Crippen molar-refractivity contribution in [3.63, 3.8) is 0 Å². The smallest absolute Gasteiger partial charge is 0.230 e. The van der Waals surface area contributed by atoms with Crippen molar-refractivity contribution >= 4 is 17.3 Å². The highest BCUT2D eigenvalue weighted by Crippen LogP contribution is 2.26. The molecule has 1 N–H and O–H groups in total. The highest BCUT2D eigenvalue weighted by molar-refractivity contribution is 5.66. The summed E-state index contributed by atoms with van der Waals surface area (Å²) < 4.78 is 5.35. The molecule has 0 aliphatic carbocycles. The fraction of sp³-hybridized carbons (Fsp3) is 0.333. The molecule has 0 spiro atoms. The summed E-state index contributed by atoms with van der Waals surface area (Å²) in [6.45, 7) is 7.16. The van der Waals surface area contributed by atoms with Crippen LogP contribution in [0.1, 0.15) is 12.5 Å². The second kappa shape index (κ2) is 8.91. The number of nitrogens with one attached hydrogen (secondary N) is 1. The fourth-order valence-corrected chi connectivity index (χ4v) is 4.26. The Morgan fingerprint density at radius 3 is 2.59 bits per heavy atom. The maximum atomic E-state index is 9.34. The molecule has 8 heteroatoms. The first kappa shape index (κ1) is 20.4. The highest BCUT2D eigenvalue weighted by atomic mass is 16.5. The first-order valence-corrected chi connectivity index (χ1v) is 10.9. The number of piperazine rings is 1. The lowest BCUT2D eigenvalue weighted by Gasteiger charge is -2.46. The number of nitriles is 1. The van der Waals surface area contributed by atoms with Crippen molar-refractivity contribution in [1.82, 2.24) is 19.9 Å². The molecule has 3 aromatic rings. The molecular weight excluding hydrogens is 402 g/mol. The summed E-state index contributed by atoms with van der Waals surface area (Å²) in [4.78, 5) is 18.0. The van der Waals surface area contributed by atoms with Crippen molar-refractivity contribution in [3.8, 4) is 17.5 Å². The number of nitrogens with zero attached hydrogens (tertiary/aromatic N) is 6. The second-order valence-corrected chi connectivity index (χ2v) is 8.19. The molecule has 2 fully saturated rings. The van der Waals surface area contributed by atoms with Gasteiger partial charge >= 0.3 is 0 Å². The molecule has 5 rings (SSSR count). The third-order valence-corrected chi connectivity index (χ3v) is 6.11. The number of ether oxygens (including phenoxy) is 1. The standard InChI is InChI=1S/C24H25N7O/c1-17-13-30(21-14-32-15-21)10-11-31(17)20-8-6-19(7-9-20)28-24-27-16-26-23(29-24)22-5-3-2-4-18(22)12-25/h2-9,16-17,21H,10-11,13-15H2,1H3,(H,26,27,28,29)/t17-/m0/s1. The number of anilines is 3. The molecule has 8 nitrogen and oxygen atoms in total. The Kier molecular flexibility index (Phi) is 5.67. The van der Waals surface area contributed by atoms with Gasteiger partial charge in [0.25, 0.3) is 0 Å². The van der Waals surface area contributed by atoms with Crippen molar-refractivity contribution in [2.24, 2.45) is 0 Å². The van der Waals surface area contributed by atoms with E-state index in [0.717, 1.165) is 38.5 Å². The van der Waals surface area contributed by atoms with E-state index < -0.39 is 0 Å². The highest BCUT2D eigenvalue weighted by Gasteiger charge is 2.32. The van der Waals surface area contributed by atoms with Gasteiger partial charge in [0.1, 0.15) is 6.33 Å². The summed E-state index contributed by atoms with van der Waals surface area (Å²) in [5.41, 5.74) is 3.34. The number of rotatable bonds is 5. The maximum absolute atomic E-state index is 9.34. The Morgan fingerprint density at radius 2 is 1.88 bits per heavy atom. The molecule has 1 aromatic heterocycles. The van der Waals surface area contributed by atoms with Crippen molar-refractivity contribution in [2.75, 3.05) is 43.1 Å². The van der Waals surface area contributed by atoms with E-state index in [9.17, 15) is 5.26 Å². The van der Waals surface area contributed by atoms with Gasteiger partial charge < -0.3 is 15.0 Å². The van der Waals surface area contributed by atoms with E-state index in [-0.39, 0.29) is 0 Å². The fourth-order valence-electron chi connectivity index (χ4n) is 4.26. The summed E-state index contributed by atoms with van der Waals surface area (Å²) in [6, 6.07) is 18.9. The predicted molar refractivity (Wildman–Crippen MR) is 123 cm³/mol. The SMILES string of the molecule is C[C@H]1CN(C2COC2)CCN1c1ccc(Nc2ncnc(-c3ccccc3C#N)n2)cc1. The number of benzene rings is 2. The third-order valence-electron chi connectivity index (χ3n) is 6.11. The molecule has 0 saturated carbocycles. The molecule has 2 aliphatic rings. The van der Waals surface area contributed by atoms with E-state index in [4.69, 9.17) is 4.74 Å². The molecule has 3 heterocycles. The van der Waals surface area contributed by atoms with Crippen molar-refractivity contribution in [3.05, 3.63) is 60.4 Å². The predicted octanol–water partition coefficient (Wildman–Crippen LogP) is 3.06. The molecule has 0 unspecified atom stereocenters. The van der Waals surface area contributed by atoms with E-state index in [1.54, 1.807) is 6.07 Å². The van der Waals surface area contributed by atoms with Crippen LogP contribution >= 0.6 is 0 Å². The van der Waals surface area contributed by atoms with Gasteiger partial charge in [-0.05, 0) is 43.3 Å². The summed E-state index contributed by atoms with van der Waals surface area (Å²) in [6.07, 6.45) is 1.46. The zero-order valence-corrected chi connectivity index (χ0v) is 18.0. The normalized spacial score (nSPS) is 19.2. The average Bonchev–Trinajstić information content (AvgIpc) is 2.79. The lowest BCUT2D eigenvalue weighted by atomic mass is 10.1. The first-order chi connectivity index (χ1) is 15.7. The van der Waals surface area contributed by atoms with Crippen LogP contribution in [0.25, 0.3) is 11.4 Å². The van der Waals surface area contributed by atoms with Crippen molar-refractivity contribution < 1.29 is 4.74 Å². The van der Waals surface area contributed by atoms with Gasteiger partial charge in [-0.25, -0.2) is 9.97 Å². The van der Waals surface area contributed by atoms with Crippen molar-refractivity contribution in [1.29, 1.82) is 5.26 Å². The van der Waals surface area contributed by atoms with Gasteiger partial charge in [0.05, 0.1) is 30.9 Å². The Bertz CT molecular complexity index is 1120. The Hall–Kier alpha value is -3.54. The minimum atomic E-state index is 0.445. The molecular formula is C24H25N7O. The number of aromatic nitrogens is 3. The zero-order chi connectivity index (χ0) is 21.9. The van der Waals surface area contributed by atoms with Crippen LogP contribution in [-0.4, -0.2) is 64.8 Å². The zero-order valence-electron chi connectivity index (χ0n) is 18.0. The molecule has 2 aromatic carbocycles. The van der Waals surface area contributed by atoms with Gasteiger partial charge in [-0.3, -0.25) is 4.90 Å². The quantitative estimate of drug-likeness (QED) is 0.664. The van der Waals surface area contributed by atoms with E-state index in [1.807, 2.05) is 30.3 Å². The van der Waals surface area contributed by atoms with Crippen LogP contribution in [0.5, 0.6) is 0 Å². The number of hydrogen-bond donors (Lipinski definition) is 1. The topological polar surface area (TPSA) is 90.2 Å². The van der Waals surface area contributed by atoms with Crippen molar-refractivity contribution in [2.45, 2.75) is 19.0 Å². The Balaban J connectivity index is 1.27. The van der Waals surface area contributed by atoms with Crippen LogP contribution in [0.3, 0.4) is 0 Å². The van der Waals surface area contributed by atoms with Gasteiger partial charge in [-0.15, -0.1) is 0 Å². The minimum Gasteiger partial charge on any atom is -0.378 e. The third kappa shape index (κ3) is 4.13. The first-order valence-electron chi connectivity index (χ1n) is 10.9. The van der Waals surface area contributed by atoms with Crippen LogP contribution < -0.4 is 10.2 Å². The second-order valence-electron chi connectivity index (χ2n) is 8.19. The molecule has 1 atom stereocenters. The lowest BCUT2D eigenvalue weighted by Crippen LogP contribution is -2.59. The van der Waals surface area contributed by atoms with Gasteiger partial charge in [0, 0.05) is 42.6 Å². The van der Waals surface area contributed by atoms with Gasteiger partial charge in [0.2, 0.25) is 5.95 Å². The Labute approximate surface area is 187 Å². The molecule has 2 aliphatic heterocycles. The minimum absolute atomic E-state index is 0.445. The monoisotopic (exact) mass is 427 g/mol. The van der Waals surface area contributed by atoms with Crippen LogP contribution in [0.2, 0.25) is 0 Å². The van der Waals surface area contributed by atoms with Gasteiger partial charge in [-0.1, -0.05) is 12.1 Å². The van der Waals surface area contributed by atoms with Crippen LogP contribution in [0, 0.1) is 11.3 Å². The summed E-state index contributed by atoms with van der Waals surface area (Å²) in [7, 11) is 0. The van der Waals surface area contributed by atoms with Crippen LogP contribution in [-0.2, 0) is 4.74 Å². The summed E-state index contributed by atoms with van der Waals surface area (Å²) in [5.74, 6) is 0.917. The van der Waals surface area contributed by atoms with E-state index in [2.05, 4.69) is 55.2 Å². The van der Waals surface area contributed by atoms with Crippen LogP contribution in [0.15, 0.2) is 54.9 Å². The molecule has 162 valence electrons. The molecule has 2 saturated heterocycles. The van der Waals surface area contributed by atoms with Gasteiger partial charge in [-0.2, -0.15) is 10.2 Å². The molecule has 32 heavy (non-hydrogen) atoms. The largest absolute Gasteiger partial charge is 0.378 e. The van der Waals surface area contributed by atoms with E-state index >= 15 is 0 Å². The van der Waals surface area contributed by atoms with E-state index in [0.29, 0.717) is 35.0 Å². The van der Waals surface area contributed by atoms with Crippen LogP contribution in [0.4, 0.5) is 17.3 Å².